The third-order valence-corrected chi connectivity index (χ3v) is 6.35. The topological polar surface area (TPSA) is 50.2 Å². The number of nitrogens with one attached hydrogen (secondary N) is 1. The average Bonchev–Trinajstić information content (AvgIpc) is 3.23. The first-order valence-electron chi connectivity index (χ1n) is 11.4. The number of halogens is 1. The Morgan fingerprint density at radius 1 is 0.909 bits per heavy atom. The van der Waals surface area contributed by atoms with Crippen molar-refractivity contribution in [3.63, 3.8) is 0 Å². The highest BCUT2D eigenvalue weighted by Gasteiger charge is 2.27. The Bertz CT molecular complexity index is 1230. The summed E-state index contributed by atoms with van der Waals surface area (Å²) in [5.41, 5.74) is 4.13. The van der Waals surface area contributed by atoms with Crippen LogP contribution in [0, 0.1) is 11.7 Å². The van der Waals surface area contributed by atoms with Crippen LogP contribution in [-0.2, 0) is 17.9 Å². The second kappa shape index (κ2) is 9.45. The first-order valence-corrected chi connectivity index (χ1v) is 11.4. The number of hydrogen-bond acceptors (Lipinski definition) is 3. The molecule has 0 radical (unpaired) electrons. The zero-order valence-electron chi connectivity index (χ0n) is 18.5. The molecule has 3 aromatic carbocycles. The van der Waals surface area contributed by atoms with E-state index >= 15 is 0 Å². The molecular weight excluding hydrogens is 415 g/mol. The first kappa shape index (κ1) is 21.2. The number of benzene rings is 3. The Labute approximate surface area is 192 Å². The lowest BCUT2D eigenvalue weighted by atomic mass is 9.96. The lowest BCUT2D eigenvalue weighted by Gasteiger charge is -2.32. The van der Waals surface area contributed by atoms with Crippen molar-refractivity contribution in [2.75, 3.05) is 18.0 Å². The SMILES string of the molecule is O=C(NCc1ccccc1)C1CCN(c2nc3ccccc3n2Cc2ccc(F)cc2)CC1. The van der Waals surface area contributed by atoms with Gasteiger partial charge in [-0.1, -0.05) is 54.6 Å². The molecule has 1 amide bonds. The molecule has 6 heteroatoms. The number of carbonyl (C=O) groups excluding carboxylic acids is 1. The van der Waals surface area contributed by atoms with E-state index in [4.69, 9.17) is 4.98 Å². The van der Waals surface area contributed by atoms with Crippen LogP contribution in [0.5, 0.6) is 0 Å². The second-order valence-electron chi connectivity index (χ2n) is 8.58. The molecule has 0 unspecified atom stereocenters. The van der Waals surface area contributed by atoms with E-state index in [-0.39, 0.29) is 17.6 Å². The Morgan fingerprint density at radius 3 is 2.36 bits per heavy atom. The van der Waals surface area contributed by atoms with Crippen LogP contribution in [0.1, 0.15) is 24.0 Å². The normalized spacial score (nSPS) is 14.5. The molecule has 0 aliphatic carbocycles. The van der Waals surface area contributed by atoms with Gasteiger partial charge in [-0.3, -0.25) is 4.79 Å². The monoisotopic (exact) mass is 442 g/mol. The predicted molar refractivity (Wildman–Crippen MR) is 128 cm³/mol. The molecule has 5 nitrogen and oxygen atoms in total. The van der Waals surface area contributed by atoms with E-state index in [1.165, 1.54) is 12.1 Å². The summed E-state index contributed by atoms with van der Waals surface area (Å²) in [5, 5.41) is 3.08. The lowest BCUT2D eigenvalue weighted by Crippen LogP contribution is -2.41. The Balaban J connectivity index is 1.29. The molecule has 1 aromatic heterocycles. The van der Waals surface area contributed by atoms with Crippen LogP contribution in [-0.4, -0.2) is 28.5 Å². The van der Waals surface area contributed by atoms with E-state index in [1.807, 2.05) is 60.7 Å². The van der Waals surface area contributed by atoms with Gasteiger partial charge in [-0.2, -0.15) is 0 Å². The fraction of sp³-hybridized carbons (Fsp3) is 0.259. The van der Waals surface area contributed by atoms with Crippen molar-refractivity contribution in [2.24, 2.45) is 5.92 Å². The van der Waals surface area contributed by atoms with Crippen molar-refractivity contribution in [1.82, 2.24) is 14.9 Å². The minimum atomic E-state index is -0.234. The standard InChI is InChI=1S/C27H27FN4O/c28-23-12-10-21(11-13-23)19-32-25-9-5-4-8-24(25)30-27(32)31-16-14-22(15-17-31)26(33)29-18-20-6-2-1-3-7-20/h1-13,22H,14-19H2,(H,29,33). The molecule has 5 rings (SSSR count). The van der Waals surface area contributed by atoms with Gasteiger partial charge in [0.25, 0.3) is 0 Å². The fourth-order valence-electron chi connectivity index (χ4n) is 4.50. The number of carbonyl (C=O) groups is 1. The number of rotatable bonds is 6. The van der Waals surface area contributed by atoms with Gasteiger partial charge in [-0.25, -0.2) is 9.37 Å². The van der Waals surface area contributed by atoms with Gasteiger partial charge in [0.2, 0.25) is 11.9 Å². The zero-order chi connectivity index (χ0) is 22.6. The van der Waals surface area contributed by atoms with Crippen LogP contribution in [0.4, 0.5) is 10.3 Å². The van der Waals surface area contributed by atoms with E-state index < -0.39 is 0 Å². The molecule has 0 atom stereocenters. The van der Waals surface area contributed by atoms with E-state index in [0.717, 1.165) is 54.0 Å². The molecule has 1 N–H and O–H groups in total. The molecule has 168 valence electrons. The highest BCUT2D eigenvalue weighted by Crippen LogP contribution is 2.28. The molecule has 2 heterocycles. The van der Waals surface area contributed by atoms with Crippen molar-refractivity contribution in [3.05, 3.63) is 95.8 Å². The highest BCUT2D eigenvalue weighted by atomic mass is 19.1. The van der Waals surface area contributed by atoms with Crippen LogP contribution in [0.2, 0.25) is 0 Å². The van der Waals surface area contributed by atoms with Crippen LogP contribution < -0.4 is 10.2 Å². The van der Waals surface area contributed by atoms with Crippen molar-refractivity contribution in [3.8, 4) is 0 Å². The summed E-state index contributed by atoms with van der Waals surface area (Å²) in [6.45, 7) is 2.73. The molecule has 0 bridgehead atoms. The van der Waals surface area contributed by atoms with Gasteiger partial charge < -0.3 is 14.8 Å². The van der Waals surface area contributed by atoms with Gasteiger partial charge in [-0.15, -0.1) is 0 Å². The van der Waals surface area contributed by atoms with Crippen LogP contribution in [0.25, 0.3) is 11.0 Å². The summed E-state index contributed by atoms with van der Waals surface area (Å²) < 4.78 is 15.6. The molecule has 33 heavy (non-hydrogen) atoms. The van der Waals surface area contributed by atoms with Crippen LogP contribution in [0.3, 0.4) is 0 Å². The summed E-state index contributed by atoms with van der Waals surface area (Å²) in [5.74, 6) is 0.809. The summed E-state index contributed by atoms with van der Waals surface area (Å²) >= 11 is 0. The van der Waals surface area contributed by atoms with Crippen molar-refractivity contribution in [1.29, 1.82) is 0 Å². The summed E-state index contributed by atoms with van der Waals surface area (Å²) in [6.07, 6.45) is 1.58. The number of amides is 1. The number of nitrogens with zero attached hydrogens (tertiary/aromatic N) is 3. The Morgan fingerprint density at radius 2 is 1.61 bits per heavy atom. The zero-order valence-corrected chi connectivity index (χ0v) is 18.5. The molecule has 1 fully saturated rings. The minimum absolute atomic E-state index is 0.0138. The quantitative estimate of drug-likeness (QED) is 0.469. The van der Waals surface area contributed by atoms with Crippen molar-refractivity contribution >= 4 is 22.9 Å². The smallest absolute Gasteiger partial charge is 0.223 e. The number of anilines is 1. The molecule has 4 aromatic rings. The average molecular weight is 443 g/mol. The van der Waals surface area contributed by atoms with Gasteiger partial charge in [0.15, 0.2) is 0 Å². The third-order valence-electron chi connectivity index (χ3n) is 6.35. The second-order valence-corrected chi connectivity index (χ2v) is 8.58. The molecule has 1 aliphatic heterocycles. The van der Waals surface area contributed by atoms with Crippen molar-refractivity contribution in [2.45, 2.75) is 25.9 Å². The highest BCUT2D eigenvalue weighted by molar-refractivity contribution is 5.80. The Hall–Kier alpha value is -3.67. The number of fused-ring (bicyclic) bond motifs is 1. The number of para-hydroxylation sites is 2. The molecule has 1 aliphatic rings. The third kappa shape index (κ3) is 4.75. The number of imidazole rings is 1. The first-order chi connectivity index (χ1) is 16.2. The maximum Gasteiger partial charge on any atom is 0.223 e. The largest absolute Gasteiger partial charge is 0.352 e. The number of piperidine rings is 1. The maximum atomic E-state index is 13.4. The van der Waals surface area contributed by atoms with E-state index in [1.54, 1.807) is 0 Å². The minimum Gasteiger partial charge on any atom is -0.352 e. The van der Waals surface area contributed by atoms with E-state index in [2.05, 4.69) is 20.9 Å². The number of hydrogen-bond donors (Lipinski definition) is 1. The molecular formula is C27H27FN4O. The van der Waals surface area contributed by atoms with Gasteiger partial charge in [0, 0.05) is 25.6 Å². The lowest BCUT2D eigenvalue weighted by molar-refractivity contribution is -0.125. The molecule has 0 spiro atoms. The summed E-state index contributed by atoms with van der Waals surface area (Å²) in [6, 6.07) is 24.7. The number of aromatic nitrogens is 2. The summed E-state index contributed by atoms with van der Waals surface area (Å²) in [4.78, 5) is 19.9. The predicted octanol–water partition coefficient (Wildman–Crippen LogP) is 4.76. The van der Waals surface area contributed by atoms with Gasteiger partial charge >= 0.3 is 0 Å². The van der Waals surface area contributed by atoms with Gasteiger partial charge in [-0.05, 0) is 48.2 Å². The van der Waals surface area contributed by atoms with Crippen molar-refractivity contribution < 1.29 is 9.18 Å². The van der Waals surface area contributed by atoms with Crippen LogP contribution >= 0.6 is 0 Å². The fourth-order valence-corrected chi connectivity index (χ4v) is 4.50. The van der Waals surface area contributed by atoms with E-state index in [0.29, 0.717) is 13.1 Å². The Kier molecular flexibility index (Phi) is 6.07. The van der Waals surface area contributed by atoms with Gasteiger partial charge in [0.05, 0.1) is 17.6 Å². The van der Waals surface area contributed by atoms with E-state index in [9.17, 15) is 9.18 Å². The van der Waals surface area contributed by atoms with Crippen LogP contribution in [0.15, 0.2) is 78.9 Å². The van der Waals surface area contributed by atoms with Gasteiger partial charge in [0.1, 0.15) is 5.82 Å². The summed E-state index contributed by atoms with van der Waals surface area (Å²) in [7, 11) is 0. The molecule has 1 saturated heterocycles. The maximum absolute atomic E-state index is 13.4. The molecule has 0 saturated carbocycles.